The van der Waals surface area contributed by atoms with Gasteiger partial charge in [0.1, 0.15) is 0 Å². The Morgan fingerprint density at radius 2 is 1.50 bits per heavy atom. The van der Waals surface area contributed by atoms with Crippen molar-refractivity contribution >= 4 is 5.91 Å². The predicted molar refractivity (Wildman–Crippen MR) is 68.5 cm³/mol. The van der Waals surface area contributed by atoms with E-state index in [-0.39, 0.29) is 5.91 Å². The molecular formula is C12H27N3O. The molecule has 0 aliphatic carbocycles. The molecule has 0 saturated heterocycles. The Morgan fingerprint density at radius 1 is 0.938 bits per heavy atom. The number of nitrogens with one attached hydrogen (secondary N) is 3. The van der Waals surface area contributed by atoms with Crippen molar-refractivity contribution in [1.82, 2.24) is 16.0 Å². The molecule has 0 bridgehead atoms. The van der Waals surface area contributed by atoms with Crippen LogP contribution in [-0.2, 0) is 4.79 Å². The predicted octanol–water partition coefficient (Wildman–Crippen LogP) is 0.879. The number of hydrogen-bond donors (Lipinski definition) is 3. The number of hydrogen-bond acceptors (Lipinski definition) is 3. The first kappa shape index (κ1) is 15.4. The van der Waals surface area contributed by atoms with Gasteiger partial charge < -0.3 is 16.0 Å². The lowest BCUT2D eigenvalue weighted by Crippen LogP contribution is -2.34. The van der Waals surface area contributed by atoms with Crippen molar-refractivity contribution in [3.8, 4) is 0 Å². The topological polar surface area (TPSA) is 53.2 Å². The van der Waals surface area contributed by atoms with Crippen molar-refractivity contribution in [3.05, 3.63) is 0 Å². The normalized spacial score (nSPS) is 11.1. The highest BCUT2D eigenvalue weighted by Crippen LogP contribution is 1.88. The standard InChI is InChI=1S/C12H27N3O/c1-10(2)13-7-5-6-12(16)15-9-8-14-11(3)4/h10-11,13-14H,5-9H2,1-4H3,(H,15,16). The summed E-state index contributed by atoms with van der Waals surface area (Å²) in [7, 11) is 0. The van der Waals surface area contributed by atoms with Crippen LogP contribution < -0.4 is 16.0 Å². The lowest BCUT2D eigenvalue weighted by atomic mass is 10.2. The Labute approximate surface area is 99.6 Å². The first-order valence-electron chi connectivity index (χ1n) is 6.26. The number of amides is 1. The molecule has 0 atom stereocenters. The largest absolute Gasteiger partial charge is 0.355 e. The van der Waals surface area contributed by atoms with Gasteiger partial charge in [0.15, 0.2) is 0 Å². The highest BCUT2D eigenvalue weighted by molar-refractivity contribution is 5.75. The van der Waals surface area contributed by atoms with E-state index in [1.54, 1.807) is 0 Å². The van der Waals surface area contributed by atoms with Crippen molar-refractivity contribution in [2.45, 2.75) is 52.6 Å². The second kappa shape index (κ2) is 9.60. The maximum absolute atomic E-state index is 11.4. The van der Waals surface area contributed by atoms with E-state index in [0.717, 1.165) is 19.5 Å². The van der Waals surface area contributed by atoms with Gasteiger partial charge in [0.05, 0.1) is 0 Å². The van der Waals surface area contributed by atoms with E-state index in [0.29, 0.717) is 25.0 Å². The van der Waals surface area contributed by atoms with Crippen LogP contribution in [0.15, 0.2) is 0 Å². The molecule has 0 heterocycles. The van der Waals surface area contributed by atoms with Gasteiger partial charge in [-0.1, -0.05) is 27.7 Å². The second-order valence-electron chi connectivity index (χ2n) is 4.67. The maximum Gasteiger partial charge on any atom is 0.220 e. The molecule has 4 nitrogen and oxygen atoms in total. The highest BCUT2D eigenvalue weighted by atomic mass is 16.1. The van der Waals surface area contributed by atoms with Crippen LogP contribution in [0.25, 0.3) is 0 Å². The minimum atomic E-state index is 0.149. The summed E-state index contributed by atoms with van der Waals surface area (Å²) in [5.41, 5.74) is 0. The number of carbonyl (C=O) groups excluding carboxylic acids is 1. The summed E-state index contributed by atoms with van der Waals surface area (Å²) in [5, 5.41) is 9.44. The Kier molecular flexibility index (Phi) is 9.24. The van der Waals surface area contributed by atoms with E-state index in [2.05, 4.69) is 43.6 Å². The molecular weight excluding hydrogens is 202 g/mol. The van der Waals surface area contributed by atoms with Gasteiger partial charge in [-0.05, 0) is 13.0 Å². The van der Waals surface area contributed by atoms with Crippen molar-refractivity contribution in [2.75, 3.05) is 19.6 Å². The molecule has 0 aliphatic rings. The molecule has 0 saturated carbocycles. The summed E-state index contributed by atoms with van der Waals surface area (Å²) in [4.78, 5) is 11.4. The summed E-state index contributed by atoms with van der Waals surface area (Å²) in [6.45, 7) is 10.9. The van der Waals surface area contributed by atoms with E-state index >= 15 is 0 Å². The van der Waals surface area contributed by atoms with E-state index in [9.17, 15) is 4.79 Å². The van der Waals surface area contributed by atoms with Crippen molar-refractivity contribution in [3.63, 3.8) is 0 Å². The number of rotatable bonds is 9. The van der Waals surface area contributed by atoms with Crippen molar-refractivity contribution < 1.29 is 4.79 Å². The molecule has 1 amide bonds. The van der Waals surface area contributed by atoms with Gasteiger partial charge in [0.25, 0.3) is 0 Å². The van der Waals surface area contributed by atoms with E-state index in [4.69, 9.17) is 0 Å². The zero-order valence-corrected chi connectivity index (χ0v) is 11.1. The van der Waals surface area contributed by atoms with E-state index in [1.807, 2.05) is 0 Å². The summed E-state index contributed by atoms with van der Waals surface area (Å²) in [5.74, 6) is 0.149. The fourth-order valence-corrected chi connectivity index (χ4v) is 1.29. The van der Waals surface area contributed by atoms with Crippen molar-refractivity contribution in [2.24, 2.45) is 0 Å². The molecule has 0 aromatic heterocycles. The first-order valence-corrected chi connectivity index (χ1v) is 6.26. The third-order valence-corrected chi connectivity index (χ3v) is 2.13. The lowest BCUT2D eigenvalue weighted by molar-refractivity contribution is -0.121. The Bertz CT molecular complexity index is 163. The van der Waals surface area contributed by atoms with Crippen LogP contribution >= 0.6 is 0 Å². The van der Waals surface area contributed by atoms with Crippen molar-refractivity contribution in [1.29, 1.82) is 0 Å². The molecule has 0 rings (SSSR count). The molecule has 0 spiro atoms. The van der Waals surface area contributed by atoms with E-state index < -0.39 is 0 Å². The zero-order chi connectivity index (χ0) is 12.4. The molecule has 0 unspecified atom stereocenters. The van der Waals surface area contributed by atoms with Crippen LogP contribution in [0, 0.1) is 0 Å². The third-order valence-electron chi connectivity index (χ3n) is 2.13. The minimum Gasteiger partial charge on any atom is -0.355 e. The summed E-state index contributed by atoms with van der Waals surface area (Å²) in [6, 6.07) is 0.977. The smallest absolute Gasteiger partial charge is 0.220 e. The lowest BCUT2D eigenvalue weighted by Gasteiger charge is -2.10. The summed E-state index contributed by atoms with van der Waals surface area (Å²) >= 11 is 0. The molecule has 0 radical (unpaired) electrons. The van der Waals surface area contributed by atoms with Gasteiger partial charge in [-0.2, -0.15) is 0 Å². The second-order valence-corrected chi connectivity index (χ2v) is 4.67. The monoisotopic (exact) mass is 229 g/mol. The molecule has 0 aliphatic heterocycles. The van der Waals surface area contributed by atoms with Crippen LogP contribution in [0.3, 0.4) is 0 Å². The molecule has 4 heteroatoms. The fourth-order valence-electron chi connectivity index (χ4n) is 1.29. The quantitative estimate of drug-likeness (QED) is 0.514. The Hall–Kier alpha value is -0.610. The van der Waals surface area contributed by atoms with Crippen LogP contribution in [0.5, 0.6) is 0 Å². The fraction of sp³-hybridized carbons (Fsp3) is 0.917. The van der Waals surface area contributed by atoms with Crippen LogP contribution in [-0.4, -0.2) is 37.6 Å². The van der Waals surface area contributed by atoms with Gasteiger partial charge in [-0.3, -0.25) is 4.79 Å². The van der Waals surface area contributed by atoms with Gasteiger partial charge >= 0.3 is 0 Å². The van der Waals surface area contributed by atoms with E-state index in [1.165, 1.54) is 0 Å². The van der Waals surface area contributed by atoms with Gasteiger partial charge in [0, 0.05) is 31.6 Å². The Balaban J connectivity index is 3.25. The average Bonchev–Trinajstić information content (AvgIpc) is 2.19. The first-order chi connectivity index (χ1) is 7.52. The highest BCUT2D eigenvalue weighted by Gasteiger charge is 2.00. The molecule has 16 heavy (non-hydrogen) atoms. The summed E-state index contributed by atoms with van der Waals surface area (Å²) < 4.78 is 0. The molecule has 0 aromatic rings. The van der Waals surface area contributed by atoms with Gasteiger partial charge in [-0.15, -0.1) is 0 Å². The molecule has 96 valence electrons. The third kappa shape index (κ3) is 11.5. The average molecular weight is 229 g/mol. The number of carbonyl (C=O) groups is 1. The SMILES string of the molecule is CC(C)NCCCC(=O)NCCNC(C)C. The molecule has 0 fully saturated rings. The summed E-state index contributed by atoms with van der Waals surface area (Å²) in [6.07, 6.45) is 1.52. The van der Waals surface area contributed by atoms with Gasteiger partial charge in [0.2, 0.25) is 5.91 Å². The van der Waals surface area contributed by atoms with Crippen LogP contribution in [0.1, 0.15) is 40.5 Å². The van der Waals surface area contributed by atoms with Crippen LogP contribution in [0.4, 0.5) is 0 Å². The molecule has 3 N–H and O–H groups in total. The van der Waals surface area contributed by atoms with Crippen LogP contribution in [0.2, 0.25) is 0 Å². The molecule has 0 aromatic carbocycles. The Morgan fingerprint density at radius 3 is 2.06 bits per heavy atom. The minimum absolute atomic E-state index is 0.149. The zero-order valence-electron chi connectivity index (χ0n) is 11.1. The maximum atomic E-state index is 11.4. The van der Waals surface area contributed by atoms with Gasteiger partial charge in [-0.25, -0.2) is 0 Å².